The third kappa shape index (κ3) is 7.25. The van der Waals surface area contributed by atoms with Crippen LogP contribution in [0, 0.1) is 13.8 Å². The molecule has 2 aromatic carbocycles. The van der Waals surface area contributed by atoms with Crippen LogP contribution in [0.15, 0.2) is 59.1 Å². The number of anilines is 1. The van der Waals surface area contributed by atoms with E-state index in [1.807, 2.05) is 64.2 Å². The van der Waals surface area contributed by atoms with Crippen molar-refractivity contribution in [2.24, 2.45) is 0 Å². The van der Waals surface area contributed by atoms with Crippen molar-refractivity contribution in [1.82, 2.24) is 10.3 Å². The molecule has 7 heteroatoms. The number of carbonyl (C=O) groups excluding carboxylic acids is 2. The molecule has 0 aliphatic carbocycles. The Labute approximate surface area is 248 Å². The van der Waals surface area contributed by atoms with E-state index >= 15 is 0 Å². The lowest BCUT2D eigenvalue weighted by Crippen LogP contribution is -2.34. The first-order chi connectivity index (χ1) is 20.1. The predicted octanol–water partition coefficient (Wildman–Crippen LogP) is 7.09. The number of aromatic amines is 1. The fourth-order valence-corrected chi connectivity index (χ4v) is 5.79. The van der Waals surface area contributed by atoms with Crippen LogP contribution in [0.3, 0.4) is 0 Å². The van der Waals surface area contributed by atoms with Gasteiger partial charge in [0.05, 0.1) is 6.42 Å². The number of hydrogen-bond donors (Lipinski definition) is 2. The Morgan fingerprint density at radius 2 is 1.81 bits per heavy atom. The number of amides is 1. The number of aryl methyl sites for hydroxylation is 3. The Morgan fingerprint density at radius 1 is 1.02 bits per heavy atom. The van der Waals surface area contributed by atoms with E-state index < -0.39 is 11.6 Å². The molecule has 4 aromatic rings. The Balaban J connectivity index is 1.36. The number of H-pyrrole nitrogens is 1. The van der Waals surface area contributed by atoms with Crippen LogP contribution in [0.25, 0.3) is 10.9 Å². The molecule has 222 valence electrons. The summed E-state index contributed by atoms with van der Waals surface area (Å²) in [5.74, 6) is 1.25. The van der Waals surface area contributed by atoms with Crippen molar-refractivity contribution in [2.45, 2.75) is 84.8 Å². The highest BCUT2D eigenvalue weighted by Crippen LogP contribution is 2.34. The minimum atomic E-state index is -0.503. The van der Waals surface area contributed by atoms with Crippen LogP contribution in [-0.2, 0) is 27.2 Å². The maximum atomic E-state index is 13.6. The van der Waals surface area contributed by atoms with Crippen molar-refractivity contribution in [2.75, 3.05) is 18.0 Å². The average Bonchev–Trinajstić information content (AvgIpc) is 3.56. The molecule has 0 radical (unpaired) electrons. The summed E-state index contributed by atoms with van der Waals surface area (Å²) < 4.78 is 11.6. The number of fused-ring (bicyclic) bond motifs is 1. The van der Waals surface area contributed by atoms with E-state index in [0.29, 0.717) is 12.8 Å². The smallest absolute Gasteiger partial charge is 0.306 e. The number of benzene rings is 2. The van der Waals surface area contributed by atoms with Crippen molar-refractivity contribution in [3.05, 3.63) is 88.5 Å². The largest absolute Gasteiger partial charge is 0.464 e. The first-order valence-electron chi connectivity index (χ1n) is 15.1. The van der Waals surface area contributed by atoms with Gasteiger partial charge < -0.3 is 24.4 Å². The van der Waals surface area contributed by atoms with E-state index in [0.717, 1.165) is 57.9 Å². The topological polar surface area (TPSA) is 87.6 Å². The highest BCUT2D eigenvalue weighted by atomic mass is 16.6. The van der Waals surface area contributed by atoms with Gasteiger partial charge in [0.2, 0.25) is 5.91 Å². The second-order valence-corrected chi connectivity index (χ2v) is 12.5. The third-order valence-electron chi connectivity index (χ3n) is 7.76. The van der Waals surface area contributed by atoms with Crippen molar-refractivity contribution in [3.8, 4) is 0 Å². The number of rotatable bonds is 9. The van der Waals surface area contributed by atoms with Gasteiger partial charge in [-0.1, -0.05) is 18.2 Å². The molecule has 3 heterocycles. The van der Waals surface area contributed by atoms with E-state index in [-0.39, 0.29) is 18.3 Å². The maximum absolute atomic E-state index is 13.6. The third-order valence-corrected chi connectivity index (χ3v) is 7.76. The summed E-state index contributed by atoms with van der Waals surface area (Å²) in [6, 6.07) is 16.0. The van der Waals surface area contributed by atoms with E-state index in [2.05, 4.69) is 40.3 Å². The predicted molar refractivity (Wildman–Crippen MR) is 167 cm³/mol. The second kappa shape index (κ2) is 12.5. The lowest BCUT2D eigenvalue weighted by Gasteiger charge is -2.32. The summed E-state index contributed by atoms with van der Waals surface area (Å²) >= 11 is 0. The number of hydrogen-bond acceptors (Lipinski definition) is 5. The highest BCUT2D eigenvalue weighted by molar-refractivity contribution is 5.87. The first-order valence-corrected chi connectivity index (χ1v) is 15.1. The van der Waals surface area contributed by atoms with Gasteiger partial charge in [0.15, 0.2) is 0 Å². The molecule has 5 rings (SSSR count). The molecule has 42 heavy (non-hydrogen) atoms. The van der Waals surface area contributed by atoms with Crippen LogP contribution in [0.1, 0.15) is 86.3 Å². The number of aromatic nitrogens is 1. The summed E-state index contributed by atoms with van der Waals surface area (Å²) in [5.41, 5.74) is 5.83. The van der Waals surface area contributed by atoms with E-state index in [9.17, 15) is 9.59 Å². The summed E-state index contributed by atoms with van der Waals surface area (Å²) in [5, 5.41) is 4.32. The van der Waals surface area contributed by atoms with Gasteiger partial charge in [-0.2, -0.15) is 0 Å². The molecule has 2 N–H and O–H groups in total. The highest BCUT2D eigenvalue weighted by Gasteiger charge is 2.26. The van der Waals surface area contributed by atoms with Gasteiger partial charge >= 0.3 is 5.97 Å². The normalized spacial score (nSPS) is 14.6. The molecular weight excluding hydrogens is 526 g/mol. The summed E-state index contributed by atoms with van der Waals surface area (Å²) in [4.78, 5) is 31.6. The zero-order valence-corrected chi connectivity index (χ0v) is 25.5. The van der Waals surface area contributed by atoms with Crippen LogP contribution in [-0.4, -0.2) is 35.6 Å². The molecule has 1 saturated heterocycles. The quantitative estimate of drug-likeness (QED) is 0.210. The minimum absolute atomic E-state index is 0.0792. The second-order valence-electron chi connectivity index (χ2n) is 12.5. The molecule has 1 unspecified atom stereocenters. The number of furan rings is 1. The molecule has 0 saturated carbocycles. The summed E-state index contributed by atoms with van der Waals surface area (Å²) in [6.45, 7) is 11.7. The number of ether oxygens (including phenoxy) is 1. The van der Waals surface area contributed by atoms with Crippen LogP contribution in [0.5, 0.6) is 0 Å². The lowest BCUT2D eigenvalue weighted by atomic mass is 9.97. The Bertz CT molecular complexity index is 1550. The fourth-order valence-electron chi connectivity index (χ4n) is 5.79. The van der Waals surface area contributed by atoms with Crippen LogP contribution in [0.4, 0.5) is 5.69 Å². The molecule has 7 nitrogen and oxygen atoms in total. The summed E-state index contributed by atoms with van der Waals surface area (Å²) in [6.07, 6.45) is 6.63. The van der Waals surface area contributed by atoms with Gasteiger partial charge in [0, 0.05) is 47.9 Å². The van der Waals surface area contributed by atoms with Crippen molar-refractivity contribution < 1.29 is 18.7 Å². The van der Waals surface area contributed by atoms with E-state index in [4.69, 9.17) is 9.15 Å². The molecule has 0 spiro atoms. The molecule has 1 atom stereocenters. The minimum Gasteiger partial charge on any atom is -0.464 e. The van der Waals surface area contributed by atoms with Gasteiger partial charge in [-0.15, -0.1) is 0 Å². The van der Waals surface area contributed by atoms with Crippen LogP contribution in [0.2, 0.25) is 0 Å². The lowest BCUT2D eigenvalue weighted by molar-refractivity contribution is -0.154. The number of carbonyl (C=O) groups is 2. The first kappa shape index (κ1) is 29.5. The van der Waals surface area contributed by atoms with Gasteiger partial charge in [-0.05, 0) is 107 Å². The van der Waals surface area contributed by atoms with E-state index in [1.54, 1.807) is 0 Å². The Morgan fingerprint density at radius 3 is 2.52 bits per heavy atom. The molecule has 0 bridgehead atoms. The van der Waals surface area contributed by atoms with Gasteiger partial charge in [0.25, 0.3) is 0 Å². The zero-order chi connectivity index (χ0) is 29.9. The van der Waals surface area contributed by atoms with Crippen molar-refractivity contribution in [3.63, 3.8) is 0 Å². The van der Waals surface area contributed by atoms with Gasteiger partial charge in [0.1, 0.15) is 23.2 Å². The number of nitrogens with one attached hydrogen (secondary N) is 2. The molecule has 1 amide bonds. The van der Waals surface area contributed by atoms with Gasteiger partial charge in [-0.25, -0.2) is 0 Å². The fraction of sp³-hybridized carbons (Fsp3) is 0.429. The molecule has 2 aromatic heterocycles. The molecule has 1 fully saturated rings. The molecular formula is C35H43N3O4. The van der Waals surface area contributed by atoms with Crippen molar-refractivity contribution in [1.29, 1.82) is 0 Å². The number of nitrogens with zero attached hydrogens (tertiary/aromatic N) is 1. The number of piperidine rings is 1. The molecule has 1 aliphatic heterocycles. The Hall–Kier alpha value is -4.00. The standard InChI is InChI=1S/C35H43N3O4/c1-23-9-13-27(30(19-23)38-17-7-6-8-18-38)34(31-15-10-24(2)41-31)37-32(39)21-25-11-14-29-28(20-25)26(22-36-29)12-16-33(40)42-35(3,4)5/h9-11,13-15,19-20,22,34,36H,6-8,12,16-18,21H2,1-5H3,(H,37,39). The monoisotopic (exact) mass is 569 g/mol. The van der Waals surface area contributed by atoms with Crippen molar-refractivity contribution >= 4 is 28.5 Å². The SMILES string of the molecule is Cc1ccc(C(NC(=O)Cc2ccc3[nH]cc(CCC(=O)OC(C)(C)C)c3c2)c2ccc(C)o2)c(N2CCCCC2)c1. The maximum Gasteiger partial charge on any atom is 0.306 e. The van der Waals surface area contributed by atoms with Gasteiger partial charge in [-0.3, -0.25) is 9.59 Å². The van der Waals surface area contributed by atoms with Crippen LogP contribution < -0.4 is 10.2 Å². The summed E-state index contributed by atoms with van der Waals surface area (Å²) in [7, 11) is 0. The number of esters is 1. The molecule has 1 aliphatic rings. The van der Waals surface area contributed by atoms with E-state index in [1.165, 1.54) is 24.8 Å². The Kier molecular flexibility index (Phi) is 8.76. The average molecular weight is 570 g/mol. The van der Waals surface area contributed by atoms with Crippen LogP contribution >= 0.6 is 0 Å². The zero-order valence-electron chi connectivity index (χ0n) is 25.5.